The van der Waals surface area contributed by atoms with E-state index in [0.717, 1.165) is 12.1 Å². The van der Waals surface area contributed by atoms with Crippen molar-refractivity contribution in [2.75, 3.05) is 0 Å². The maximum Gasteiger partial charge on any atom is 0.271 e. The van der Waals surface area contributed by atoms with Crippen LogP contribution in [0, 0.1) is 11.6 Å². The maximum absolute atomic E-state index is 13.0. The summed E-state index contributed by atoms with van der Waals surface area (Å²) in [4.78, 5) is 15.7. The van der Waals surface area contributed by atoms with Crippen LogP contribution in [0.2, 0.25) is 0 Å². The van der Waals surface area contributed by atoms with Gasteiger partial charge in [-0.25, -0.2) is 13.8 Å². The van der Waals surface area contributed by atoms with Crippen LogP contribution in [0.1, 0.15) is 21.1 Å². The Morgan fingerprint density at radius 3 is 2.79 bits per heavy atom. The molecule has 0 saturated carbocycles. The molecular formula is C12H11F2N3OS. The summed E-state index contributed by atoms with van der Waals surface area (Å²) in [6.07, 6.45) is 0. The molecule has 2 rings (SSSR count). The fourth-order valence-electron chi connectivity index (χ4n) is 1.43. The molecule has 1 aromatic heterocycles. The van der Waals surface area contributed by atoms with E-state index in [1.165, 1.54) is 17.4 Å². The monoisotopic (exact) mass is 283 g/mol. The summed E-state index contributed by atoms with van der Waals surface area (Å²) in [7, 11) is 0. The highest BCUT2D eigenvalue weighted by Crippen LogP contribution is 2.10. The number of carbonyl (C=O) groups is 1. The molecule has 0 saturated heterocycles. The van der Waals surface area contributed by atoms with Gasteiger partial charge in [-0.2, -0.15) is 0 Å². The van der Waals surface area contributed by atoms with E-state index >= 15 is 0 Å². The van der Waals surface area contributed by atoms with Crippen LogP contribution >= 0.6 is 11.3 Å². The summed E-state index contributed by atoms with van der Waals surface area (Å²) < 4.78 is 25.7. The van der Waals surface area contributed by atoms with Crippen molar-refractivity contribution in [1.82, 2.24) is 10.3 Å². The molecule has 7 heteroatoms. The van der Waals surface area contributed by atoms with Gasteiger partial charge in [0, 0.05) is 18.5 Å². The topological polar surface area (TPSA) is 68.0 Å². The van der Waals surface area contributed by atoms with E-state index < -0.39 is 11.6 Å². The largest absolute Gasteiger partial charge is 0.347 e. The van der Waals surface area contributed by atoms with Crippen LogP contribution in [-0.2, 0) is 13.1 Å². The van der Waals surface area contributed by atoms with Crippen molar-refractivity contribution < 1.29 is 13.6 Å². The Hall–Kier alpha value is -1.86. The molecular weight excluding hydrogens is 272 g/mol. The number of thiazole rings is 1. The van der Waals surface area contributed by atoms with Gasteiger partial charge in [-0.15, -0.1) is 11.3 Å². The van der Waals surface area contributed by atoms with E-state index in [0.29, 0.717) is 10.6 Å². The molecule has 0 spiro atoms. The zero-order valence-electron chi connectivity index (χ0n) is 9.82. The number of nitrogens with one attached hydrogen (secondary N) is 1. The predicted octanol–water partition coefficient (Wildman–Crippen LogP) is 1.81. The summed E-state index contributed by atoms with van der Waals surface area (Å²) >= 11 is 1.30. The molecule has 0 unspecified atom stereocenters. The van der Waals surface area contributed by atoms with Crippen LogP contribution in [0.15, 0.2) is 23.6 Å². The zero-order valence-corrected chi connectivity index (χ0v) is 10.6. The van der Waals surface area contributed by atoms with Crippen LogP contribution in [0.4, 0.5) is 8.78 Å². The number of hydrogen-bond donors (Lipinski definition) is 2. The van der Waals surface area contributed by atoms with E-state index in [1.54, 1.807) is 5.38 Å². The summed E-state index contributed by atoms with van der Waals surface area (Å²) in [6.45, 7) is 0.382. The van der Waals surface area contributed by atoms with Crippen LogP contribution < -0.4 is 11.1 Å². The molecule has 19 heavy (non-hydrogen) atoms. The molecule has 0 aliphatic rings. The third kappa shape index (κ3) is 3.33. The Labute approximate surface area is 112 Å². The molecule has 0 radical (unpaired) electrons. The molecule has 1 aromatic carbocycles. The van der Waals surface area contributed by atoms with E-state index in [2.05, 4.69) is 10.3 Å². The van der Waals surface area contributed by atoms with Gasteiger partial charge in [-0.1, -0.05) is 6.07 Å². The van der Waals surface area contributed by atoms with Crippen molar-refractivity contribution in [3.63, 3.8) is 0 Å². The lowest BCUT2D eigenvalue weighted by molar-refractivity contribution is 0.0946. The first-order chi connectivity index (χ1) is 9.10. The summed E-state index contributed by atoms with van der Waals surface area (Å²) in [5, 5.41) is 4.84. The average molecular weight is 283 g/mol. The maximum atomic E-state index is 13.0. The van der Waals surface area contributed by atoms with E-state index in [9.17, 15) is 13.6 Å². The lowest BCUT2D eigenvalue weighted by Gasteiger charge is -2.04. The number of amides is 1. The second kappa shape index (κ2) is 5.85. The predicted molar refractivity (Wildman–Crippen MR) is 67.5 cm³/mol. The van der Waals surface area contributed by atoms with Crippen molar-refractivity contribution in [3.8, 4) is 0 Å². The van der Waals surface area contributed by atoms with Gasteiger partial charge < -0.3 is 11.1 Å². The highest BCUT2D eigenvalue weighted by molar-refractivity contribution is 7.09. The van der Waals surface area contributed by atoms with Gasteiger partial charge in [0.05, 0.1) is 0 Å². The van der Waals surface area contributed by atoms with Crippen LogP contribution in [-0.4, -0.2) is 10.9 Å². The Morgan fingerprint density at radius 2 is 2.16 bits per heavy atom. The van der Waals surface area contributed by atoms with Crippen molar-refractivity contribution in [2.45, 2.75) is 13.1 Å². The second-order valence-corrected chi connectivity index (χ2v) is 4.70. The fourth-order valence-corrected chi connectivity index (χ4v) is 2.09. The lowest BCUT2D eigenvalue weighted by Crippen LogP contribution is -2.23. The molecule has 0 aliphatic carbocycles. The van der Waals surface area contributed by atoms with Gasteiger partial charge in [0.15, 0.2) is 11.6 Å². The summed E-state index contributed by atoms with van der Waals surface area (Å²) in [6, 6.07) is 3.47. The normalized spacial score (nSPS) is 10.5. The van der Waals surface area contributed by atoms with Gasteiger partial charge in [0.1, 0.15) is 10.7 Å². The summed E-state index contributed by atoms with van der Waals surface area (Å²) in [5.41, 5.74) is 6.14. The van der Waals surface area contributed by atoms with E-state index in [4.69, 9.17) is 5.73 Å². The van der Waals surface area contributed by atoms with Gasteiger partial charge in [0.25, 0.3) is 5.91 Å². The van der Waals surface area contributed by atoms with Crippen molar-refractivity contribution in [1.29, 1.82) is 0 Å². The minimum absolute atomic E-state index is 0.103. The Kier molecular flexibility index (Phi) is 4.18. The molecule has 2 aromatic rings. The van der Waals surface area contributed by atoms with Crippen molar-refractivity contribution in [2.24, 2.45) is 5.73 Å². The van der Waals surface area contributed by atoms with E-state index in [1.807, 2.05) is 0 Å². The smallest absolute Gasteiger partial charge is 0.271 e. The second-order valence-electron chi connectivity index (χ2n) is 3.76. The number of nitrogens with zero attached hydrogens (tertiary/aromatic N) is 1. The van der Waals surface area contributed by atoms with E-state index in [-0.39, 0.29) is 24.7 Å². The first kappa shape index (κ1) is 13.6. The fraction of sp³-hybridized carbons (Fsp3) is 0.167. The Morgan fingerprint density at radius 1 is 1.37 bits per heavy atom. The molecule has 0 fully saturated rings. The SMILES string of the molecule is NCc1nc(C(=O)NCc2ccc(F)c(F)c2)cs1. The third-order valence-electron chi connectivity index (χ3n) is 2.40. The Balaban J connectivity index is 1.98. The van der Waals surface area contributed by atoms with Gasteiger partial charge in [-0.05, 0) is 17.7 Å². The molecule has 1 heterocycles. The molecule has 100 valence electrons. The standard InChI is InChI=1S/C12H11F2N3OS/c13-8-2-1-7(3-9(8)14)5-16-12(18)10-6-19-11(4-15)17-10/h1-3,6H,4-5,15H2,(H,16,18). The Bertz CT molecular complexity index is 600. The van der Waals surface area contributed by atoms with Crippen molar-refractivity contribution in [3.05, 3.63) is 51.5 Å². The first-order valence-electron chi connectivity index (χ1n) is 5.46. The quantitative estimate of drug-likeness (QED) is 0.899. The highest BCUT2D eigenvalue weighted by Gasteiger charge is 2.10. The number of hydrogen-bond acceptors (Lipinski definition) is 4. The van der Waals surface area contributed by atoms with Crippen LogP contribution in [0.5, 0.6) is 0 Å². The molecule has 0 aliphatic heterocycles. The number of benzene rings is 1. The molecule has 1 amide bonds. The minimum Gasteiger partial charge on any atom is -0.347 e. The van der Waals surface area contributed by atoms with Crippen molar-refractivity contribution >= 4 is 17.2 Å². The summed E-state index contributed by atoms with van der Waals surface area (Å²) in [5.74, 6) is -2.23. The van der Waals surface area contributed by atoms with Gasteiger partial charge in [-0.3, -0.25) is 4.79 Å². The van der Waals surface area contributed by atoms with Gasteiger partial charge in [0.2, 0.25) is 0 Å². The number of rotatable bonds is 4. The number of halogens is 2. The molecule has 0 atom stereocenters. The molecule has 0 bridgehead atoms. The highest BCUT2D eigenvalue weighted by atomic mass is 32.1. The third-order valence-corrected chi connectivity index (χ3v) is 3.27. The van der Waals surface area contributed by atoms with Gasteiger partial charge >= 0.3 is 0 Å². The zero-order chi connectivity index (χ0) is 13.8. The number of carbonyl (C=O) groups excluding carboxylic acids is 1. The number of nitrogens with two attached hydrogens (primary N) is 1. The molecule has 4 nitrogen and oxygen atoms in total. The lowest BCUT2D eigenvalue weighted by atomic mass is 10.2. The molecule has 3 N–H and O–H groups in total. The number of aromatic nitrogens is 1. The van der Waals surface area contributed by atoms with Crippen LogP contribution in [0.25, 0.3) is 0 Å². The first-order valence-corrected chi connectivity index (χ1v) is 6.34. The minimum atomic E-state index is -0.939. The van der Waals surface area contributed by atoms with Crippen LogP contribution in [0.3, 0.4) is 0 Å². The average Bonchev–Trinajstić information content (AvgIpc) is 2.88.